The molecule has 53 heavy (non-hydrogen) atoms. The number of pyridine rings is 1. The van der Waals surface area contributed by atoms with Crippen LogP contribution in [0, 0.1) is 17.3 Å². The van der Waals surface area contributed by atoms with Gasteiger partial charge in [-0.2, -0.15) is 0 Å². The van der Waals surface area contributed by atoms with Gasteiger partial charge in [0.25, 0.3) is 0 Å². The van der Waals surface area contributed by atoms with Crippen LogP contribution in [0.1, 0.15) is 94.4 Å². The SMILES string of the molecule is CCN1CCN(C(=O)NC(C(=O)NC(Cc2c(C(C)(C)C)ccc(C(=O)O)c2OC)B2O[C@@H]3C[C@@H]4C[C@@H](C4(C)C)[C@]3(C)O2)c2cccnc2)C(=O)C1=O. The van der Waals surface area contributed by atoms with E-state index < -0.39 is 59.8 Å². The number of nitrogens with one attached hydrogen (secondary N) is 2. The van der Waals surface area contributed by atoms with Crippen LogP contribution in [0.2, 0.25) is 0 Å². The molecule has 2 aliphatic heterocycles. The second-order valence-electron chi connectivity index (χ2n) is 16.4. The summed E-state index contributed by atoms with van der Waals surface area (Å²) in [4.78, 5) is 72.5. The largest absolute Gasteiger partial charge is 0.496 e. The molecule has 0 radical (unpaired) electrons. The number of imide groups is 1. The third-order valence-corrected chi connectivity index (χ3v) is 12.0. The first kappa shape index (κ1) is 38.2. The fourth-order valence-electron chi connectivity index (χ4n) is 8.93. The molecule has 15 heteroatoms. The number of urea groups is 1. The molecule has 2 aromatic rings. The summed E-state index contributed by atoms with van der Waals surface area (Å²) in [6.07, 6.45) is 4.62. The maximum absolute atomic E-state index is 14.6. The number of ether oxygens (including phenoxy) is 1. The van der Waals surface area contributed by atoms with Crippen molar-refractivity contribution in [3.8, 4) is 5.75 Å². The Morgan fingerprint density at radius 3 is 2.43 bits per heavy atom. The fourth-order valence-corrected chi connectivity index (χ4v) is 8.93. The molecule has 5 aliphatic rings. The summed E-state index contributed by atoms with van der Waals surface area (Å²) < 4.78 is 19.3. The van der Waals surface area contributed by atoms with E-state index >= 15 is 0 Å². The second kappa shape index (κ2) is 14.1. The van der Waals surface area contributed by atoms with Crippen LogP contribution in [0.4, 0.5) is 4.79 Å². The van der Waals surface area contributed by atoms with Crippen molar-refractivity contribution in [1.29, 1.82) is 0 Å². The molecule has 1 aromatic heterocycles. The fraction of sp³-hybridized carbons (Fsp3) is 0.579. The number of piperazine rings is 1. The van der Waals surface area contributed by atoms with Crippen molar-refractivity contribution in [2.75, 3.05) is 26.7 Å². The molecular formula is C38H50BN5O9. The van der Waals surface area contributed by atoms with Crippen molar-refractivity contribution in [2.24, 2.45) is 17.3 Å². The highest BCUT2D eigenvalue weighted by atomic mass is 16.7. The topological polar surface area (TPSA) is 177 Å². The molecular weight excluding hydrogens is 681 g/mol. The molecule has 3 saturated carbocycles. The standard InChI is InChI=1S/C38H50BN5O9/c1-9-43-15-16-44(33(47)32(43)46)35(50)42-29(21-11-10-14-40-20-21)31(45)41-28(39-52-27-18-22-17-26(37(22,5)6)38(27,7)53-39)19-24-25(36(2,3)4)13-12-23(34(48)49)30(24)51-8/h10-14,20,22,26-29H,9,15-19H2,1-8H3,(H,41,45)(H,42,50)(H,48,49)/t22-,26-,27+,28?,29?,38-/m0/s1. The van der Waals surface area contributed by atoms with Crippen LogP contribution < -0.4 is 15.4 Å². The lowest BCUT2D eigenvalue weighted by molar-refractivity contribution is -0.199. The molecule has 0 spiro atoms. The van der Waals surface area contributed by atoms with Gasteiger partial charge in [0.1, 0.15) is 17.4 Å². The molecule has 1 aromatic carbocycles. The van der Waals surface area contributed by atoms with E-state index in [0.29, 0.717) is 23.6 Å². The summed E-state index contributed by atoms with van der Waals surface area (Å²) in [6.45, 7) is 14.8. The number of benzene rings is 1. The zero-order valence-electron chi connectivity index (χ0n) is 31.7. The lowest BCUT2D eigenvalue weighted by atomic mass is 9.43. The Morgan fingerprint density at radius 1 is 1.09 bits per heavy atom. The van der Waals surface area contributed by atoms with Gasteiger partial charge in [-0.05, 0) is 73.5 Å². The van der Waals surface area contributed by atoms with Crippen LogP contribution in [0.5, 0.6) is 5.75 Å². The Bertz CT molecular complexity index is 1800. The summed E-state index contributed by atoms with van der Waals surface area (Å²) in [5.74, 6) is -3.61. The van der Waals surface area contributed by atoms with E-state index in [1.165, 1.54) is 30.5 Å². The Hall–Kier alpha value is -4.50. The highest BCUT2D eigenvalue weighted by Gasteiger charge is 2.68. The molecule has 2 bridgehead atoms. The second-order valence-corrected chi connectivity index (χ2v) is 16.4. The number of methoxy groups -OCH3 is 1. The average molecular weight is 732 g/mol. The number of aromatic nitrogens is 1. The maximum Gasteiger partial charge on any atom is 0.482 e. The molecule has 3 heterocycles. The third-order valence-electron chi connectivity index (χ3n) is 12.0. The number of amides is 5. The quantitative estimate of drug-likeness (QED) is 0.242. The van der Waals surface area contributed by atoms with Crippen LogP contribution in [0.3, 0.4) is 0 Å². The van der Waals surface area contributed by atoms with Crippen LogP contribution in [-0.4, -0.2) is 101 Å². The van der Waals surface area contributed by atoms with Gasteiger partial charge in [-0.25, -0.2) is 9.59 Å². The van der Waals surface area contributed by atoms with Crippen molar-refractivity contribution < 1.29 is 43.1 Å². The van der Waals surface area contributed by atoms with Gasteiger partial charge in [-0.1, -0.05) is 46.8 Å². The number of carbonyl (C=O) groups excluding carboxylic acids is 4. The Balaban J connectivity index is 1.37. The maximum atomic E-state index is 14.6. The Morgan fingerprint density at radius 2 is 1.83 bits per heavy atom. The van der Waals surface area contributed by atoms with Gasteiger partial charge in [-0.3, -0.25) is 24.3 Å². The first-order chi connectivity index (χ1) is 24.9. The lowest BCUT2D eigenvalue weighted by Gasteiger charge is -2.64. The molecule has 7 rings (SSSR count). The number of carboxylic acids is 1. The van der Waals surface area contributed by atoms with Crippen molar-refractivity contribution in [1.82, 2.24) is 25.4 Å². The molecule has 284 valence electrons. The molecule has 3 N–H and O–H groups in total. The molecule has 2 unspecified atom stereocenters. The van der Waals surface area contributed by atoms with Gasteiger partial charge in [0.05, 0.1) is 24.8 Å². The summed E-state index contributed by atoms with van der Waals surface area (Å²) >= 11 is 0. The van der Waals surface area contributed by atoms with Gasteiger partial charge in [-0.15, -0.1) is 0 Å². The van der Waals surface area contributed by atoms with E-state index in [0.717, 1.165) is 23.3 Å². The number of carbonyl (C=O) groups is 5. The van der Waals surface area contributed by atoms with Crippen molar-refractivity contribution in [2.45, 2.75) is 96.8 Å². The van der Waals surface area contributed by atoms with Crippen LogP contribution in [0.15, 0.2) is 36.7 Å². The van der Waals surface area contributed by atoms with Crippen molar-refractivity contribution in [3.05, 3.63) is 58.9 Å². The number of nitrogens with zero attached hydrogens (tertiary/aromatic N) is 3. The number of rotatable bonds is 10. The molecule has 5 amide bonds. The van der Waals surface area contributed by atoms with Crippen LogP contribution in [-0.2, 0) is 35.5 Å². The molecule has 3 aliphatic carbocycles. The van der Waals surface area contributed by atoms with Crippen molar-refractivity contribution in [3.63, 3.8) is 0 Å². The van der Waals surface area contributed by atoms with E-state index in [1.54, 1.807) is 25.1 Å². The highest BCUT2D eigenvalue weighted by Crippen LogP contribution is 2.65. The van der Waals surface area contributed by atoms with E-state index in [4.69, 9.17) is 14.0 Å². The van der Waals surface area contributed by atoms with Crippen LogP contribution in [0.25, 0.3) is 0 Å². The summed E-state index contributed by atoms with van der Waals surface area (Å²) in [5, 5.41) is 15.9. The predicted octanol–water partition coefficient (Wildman–Crippen LogP) is 3.52. The number of likely N-dealkylation sites (N-methyl/N-ethyl adjacent to an activating group) is 1. The number of hydrogen-bond donors (Lipinski definition) is 3. The normalized spacial score (nSPS) is 26.0. The van der Waals surface area contributed by atoms with Gasteiger partial charge in [0.2, 0.25) is 5.91 Å². The van der Waals surface area contributed by atoms with Gasteiger partial charge >= 0.3 is 30.9 Å². The van der Waals surface area contributed by atoms with Gasteiger partial charge in [0.15, 0.2) is 0 Å². The minimum atomic E-state index is -1.34. The van der Waals surface area contributed by atoms with Crippen molar-refractivity contribution >= 4 is 36.8 Å². The van der Waals surface area contributed by atoms with E-state index in [-0.39, 0.29) is 48.3 Å². The third kappa shape index (κ3) is 6.77. The monoisotopic (exact) mass is 731 g/mol. The number of carboxylic acid groups (broad SMARTS) is 1. The summed E-state index contributed by atoms with van der Waals surface area (Å²) in [6, 6.07) is 4.29. The number of aromatic carboxylic acids is 1. The zero-order chi connectivity index (χ0) is 38.6. The molecule has 2 saturated heterocycles. The Labute approximate surface area is 310 Å². The smallest absolute Gasteiger partial charge is 0.482 e. The minimum Gasteiger partial charge on any atom is -0.496 e. The van der Waals surface area contributed by atoms with E-state index in [1.807, 2.05) is 20.8 Å². The molecule has 14 nitrogen and oxygen atoms in total. The average Bonchev–Trinajstić information content (AvgIpc) is 3.48. The summed E-state index contributed by atoms with van der Waals surface area (Å²) in [5.41, 5.74) is 0.667. The Kier molecular flexibility index (Phi) is 10.1. The highest BCUT2D eigenvalue weighted by molar-refractivity contribution is 6.48. The molecule has 5 fully saturated rings. The van der Waals surface area contributed by atoms with E-state index in [2.05, 4.69) is 36.4 Å². The zero-order valence-corrected chi connectivity index (χ0v) is 31.7. The van der Waals surface area contributed by atoms with Gasteiger partial charge < -0.3 is 34.7 Å². The first-order valence-electron chi connectivity index (χ1n) is 18.3. The number of hydrogen-bond acceptors (Lipinski definition) is 9. The van der Waals surface area contributed by atoms with E-state index in [9.17, 15) is 29.1 Å². The lowest BCUT2D eigenvalue weighted by Crippen LogP contribution is -2.65. The van der Waals surface area contributed by atoms with Crippen LogP contribution >= 0.6 is 0 Å². The minimum absolute atomic E-state index is 0.0278. The molecule has 6 atom stereocenters. The van der Waals surface area contributed by atoms with Gasteiger partial charge in [0, 0.05) is 43.2 Å². The summed E-state index contributed by atoms with van der Waals surface area (Å²) in [7, 11) is 0.473. The first-order valence-corrected chi connectivity index (χ1v) is 18.3. The predicted molar refractivity (Wildman–Crippen MR) is 194 cm³/mol.